The molecule has 0 fully saturated rings. The number of aliphatic hydroxyl groups excluding tert-OH is 2. The van der Waals surface area contributed by atoms with E-state index in [4.69, 9.17) is 13.9 Å². The molecule has 0 radical (unpaired) electrons. The maximum absolute atomic E-state index is 11.7. The standard InChI is InChI=1S/C16H20O9/c1-9(14-5-11(22-3)6-16(21)25-14)4-15(20)24-8-13(19)12(18)7-23-10(2)17/h4-6,12-13,18-19H,7-8H2,1-3H3. The largest absolute Gasteiger partial charge is 0.496 e. The molecule has 1 heterocycles. The minimum Gasteiger partial charge on any atom is -0.496 e. The van der Waals surface area contributed by atoms with E-state index < -0.39 is 43.0 Å². The van der Waals surface area contributed by atoms with Gasteiger partial charge >= 0.3 is 17.6 Å². The summed E-state index contributed by atoms with van der Waals surface area (Å²) in [5.74, 6) is -1.03. The number of rotatable bonds is 8. The van der Waals surface area contributed by atoms with Crippen LogP contribution in [0, 0.1) is 0 Å². The fourth-order valence-corrected chi connectivity index (χ4v) is 1.65. The predicted molar refractivity (Wildman–Crippen MR) is 84.8 cm³/mol. The van der Waals surface area contributed by atoms with Crippen LogP contribution in [0.2, 0.25) is 0 Å². The maximum atomic E-state index is 11.7. The van der Waals surface area contributed by atoms with Gasteiger partial charge in [0.2, 0.25) is 0 Å². The molecule has 9 heteroatoms. The Hall–Kier alpha value is -2.65. The third kappa shape index (κ3) is 7.19. The Morgan fingerprint density at radius 2 is 1.76 bits per heavy atom. The fourth-order valence-electron chi connectivity index (χ4n) is 1.65. The highest BCUT2D eigenvalue weighted by atomic mass is 16.6. The van der Waals surface area contributed by atoms with Crippen LogP contribution >= 0.6 is 0 Å². The van der Waals surface area contributed by atoms with Gasteiger partial charge in [-0.1, -0.05) is 0 Å². The van der Waals surface area contributed by atoms with E-state index in [-0.39, 0.29) is 11.5 Å². The molecule has 0 spiro atoms. The molecule has 0 bridgehead atoms. The quantitative estimate of drug-likeness (QED) is 0.483. The average molecular weight is 356 g/mol. The number of methoxy groups -OCH3 is 1. The van der Waals surface area contributed by atoms with Crippen molar-refractivity contribution >= 4 is 17.5 Å². The van der Waals surface area contributed by atoms with Gasteiger partial charge in [-0.3, -0.25) is 4.79 Å². The van der Waals surface area contributed by atoms with Gasteiger partial charge in [0, 0.05) is 19.1 Å². The Kier molecular flexibility index (Phi) is 7.83. The van der Waals surface area contributed by atoms with Crippen LogP contribution in [0.1, 0.15) is 19.6 Å². The van der Waals surface area contributed by atoms with Gasteiger partial charge in [-0.15, -0.1) is 0 Å². The highest BCUT2D eigenvalue weighted by Gasteiger charge is 2.19. The molecule has 2 unspecified atom stereocenters. The van der Waals surface area contributed by atoms with E-state index >= 15 is 0 Å². The van der Waals surface area contributed by atoms with Crippen molar-refractivity contribution in [3.05, 3.63) is 34.4 Å². The van der Waals surface area contributed by atoms with Gasteiger partial charge in [-0.25, -0.2) is 9.59 Å². The molecule has 0 aromatic carbocycles. The van der Waals surface area contributed by atoms with E-state index in [1.54, 1.807) is 0 Å². The van der Waals surface area contributed by atoms with Crippen LogP contribution < -0.4 is 10.4 Å². The summed E-state index contributed by atoms with van der Waals surface area (Å²) < 4.78 is 19.2. The Bertz CT molecular complexity index is 689. The van der Waals surface area contributed by atoms with E-state index in [0.717, 1.165) is 19.1 Å². The molecule has 1 rings (SSSR count). The van der Waals surface area contributed by atoms with Crippen molar-refractivity contribution in [1.82, 2.24) is 0 Å². The number of aliphatic hydroxyl groups is 2. The Labute approximate surface area is 143 Å². The van der Waals surface area contributed by atoms with Gasteiger partial charge in [-0.2, -0.15) is 0 Å². The van der Waals surface area contributed by atoms with Gasteiger partial charge < -0.3 is 28.8 Å². The number of hydrogen-bond donors (Lipinski definition) is 2. The molecule has 2 N–H and O–H groups in total. The van der Waals surface area contributed by atoms with Crippen LogP contribution in [0.3, 0.4) is 0 Å². The molecule has 9 nitrogen and oxygen atoms in total. The zero-order valence-electron chi connectivity index (χ0n) is 14.1. The minimum absolute atomic E-state index is 0.122. The highest BCUT2D eigenvalue weighted by Crippen LogP contribution is 2.17. The average Bonchev–Trinajstić information content (AvgIpc) is 2.56. The SMILES string of the molecule is COc1cc(C(C)=CC(=O)OCC(O)C(O)COC(C)=O)oc(=O)c1. The summed E-state index contributed by atoms with van der Waals surface area (Å²) in [4.78, 5) is 33.7. The second kappa shape index (κ2) is 9.60. The first-order valence-corrected chi connectivity index (χ1v) is 7.27. The van der Waals surface area contributed by atoms with Crippen LogP contribution in [-0.2, 0) is 19.1 Å². The Morgan fingerprint density at radius 3 is 2.32 bits per heavy atom. The first-order valence-electron chi connectivity index (χ1n) is 7.27. The molecule has 25 heavy (non-hydrogen) atoms. The number of carbonyl (C=O) groups is 2. The number of allylic oxidation sites excluding steroid dienone is 1. The molecule has 1 aromatic rings. The van der Waals surface area contributed by atoms with Gasteiger partial charge in [0.25, 0.3) is 0 Å². The number of esters is 2. The second-order valence-electron chi connectivity index (χ2n) is 5.08. The van der Waals surface area contributed by atoms with Crippen molar-refractivity contribution in [2.45, 2.75) is 26.1 Å². The van der Waals surface area contributed by atoms with Crippen LogP contribution in [0.25, 0.3) is 5.57 Å². The van der Waals surface area contributed by atoms with Crippen molar-refractivity contribution in [2.75, 3.05) is 20.3 Å². The van der Waals surface area contributed by atoms with Gasteiger partial charge in [0.15, 0.2) is 0 Å². The van der Waals surface area contributed by atoms with E-state index in [1.165, 1.54) is 20.1 Å². The lowest BCUT2D eigenvalue weighted by Gasteiger charge is -2.16. The summed E-state index contributed by atoms with van der Waals surface area (Å²) in [6, 6.07) is 2.58. The molecule has 0 saturated carbocycles. The number of hydrogen-bond acceptors (Lipinski definition) is 9. The lowest BCUT2D eigenvalue weighted by molar-refractivity contribution is -0.151. The van der Waals surface area contributed by atoms with Crippen molar-refractivity contribution in [3.63, 3.8) is 0 Å². The third-order valence-electron chi connectivity index (χ3n) is 3.00. The van der Waals surface area contributed by atoms with Crippen LogP contribution in [0.5, 0.6) is 5.75 Å². The summed E-state index contributed by atoms with van der Waals surface area (Å²) in [6.07, 6.45) is -1.76. The first kappa shape index (κ1) is 20.4. The first-order chi connectivity index (χ1) is 11.7. The molecule has 0 amide bonds. The van der Waals surface area contributed by atoms with E-state index in [0.29, 0.717) is 5.57 Å². The smallest absolute Gasteiger partial charge is 0.339 e. The Morgan fingerprint density at radius 1 is 1.16 bits per heavy atom. The third-order valence-corrected chi connectivity index (χ3v) is 3.00. The van der Waals surface area contributed by atoms with Crippen molar-refractivity contribution < 1.29 is 38.4 Å². The molecule has 0 aliphatic heterocycles. The zero-order chi connectivity index (χ0) is 19.0. The molecular formula is C16H20O9. The summed E-state index contributed by atoms with van der Waals surface area (Å²) in [5, 5.41) is 19.1. The molecule has 0 saturated heterocycles. The second-order valence-corrected chi connectivity index (χ2v) is 5.08. The molecular weight excluding hydrogens is 336 g/mol. The fraction of sp³-hybridized carbons (Fsp3) is 0.438. The molecule has 2 atom stereocenters. The summed E-state index contributed by atoms with van der Waals surface area (Å²) in [7, 11) is 1.38. The predicted octanol–water partition coefficient (Wildman–Crippen LogP) is -0.120. The monoisotopic (exact) mass is 356 g/mol. The van der Waals surface area contributed by atoms with Gasteiger partial charge in [0.05, 0.1) is 13.2 Å². The molecule has 1 aromatic heterocycles. The van der Waals surface area contributed by atoms with Crippen LogP contribution in [-0.4, -0.2) is 54.7 Å². The lowest BCUT2D eigenvalue weighted by Crippen LogP contribution is -2.35. The normalized spacial score (nSPS) is 13.7. The summed E-state index contributed by atoms with van der Waals surface area (Å²) >= 11 is 0. The minimum atomic E-state index is -1.42. The van der Waals surface area contributed by atoms with E-state index in [1.807, 2.05) is 0 Å². The number of carbonyl (C=O) groups excluding carboxylic acids is 2. The summed E-state index contributed by atoms with van der Waals surface area (Å²) in [5.41, 5.74) is -0.338. The molecule has 0 aliphatic carbocycles. The maximum Gasteiger partial charge on any atom is 0.339 e. The topological polar surface area (TPSA) is 133 Å². The molecule has 0 aliphatic rings. The van der Waals surface area contributed by atoms with E-state index in [2.05, 4.69) is 4.74 Å². The van der Waals surface area contributed by atoms with Crippen LogP contribution in [0.15, 0.2) is 27.4 Å². The van der Waals surface area contributed by atoms with Gasteiger partial charge in [0.1, 0.15) is 36.9 Å². The zero-order valence-corrected chi connectivity index (χ0v) is 14.1. The lowest BCUT2D eigenvalue weighted by atomic mass is 10.2. The van der Waals surface area contributed by atoms with Crippen molar-refractivity contribution in [3.8, 4) is 5.75 Å². The van der Waals surface area contributed by atoms with Crippen LogP contribution in [0.4, 0.5) is 0 Å². The highest BCUT2D eigenvalue weighted by molar-refractivity contribution is 5.90. The van der Waals surface area contributed by atoms with Crippen molar-refractivity contribution in [2.24, 2.45) is 0 Å². The van der Waals surface area contributed by atoms with Gasteiger partial charge in [-0.05, 0) is 12.5 Å². The summed E-state index contributed by atoms with van der Waals surface area (Å²) in [6.45, 7) is 1.75. The molecule has 138 valence electrons. The van der Waals surface area contributed by atoms with E-state index in [9.17, 15) is 24.6 Å². The Balaban J connectivity index is 2.62. The van der Waals surface area contributed by atoms with Crippen molar-refractivity contribution in [1.29, 1.82) is 0 Å². The number of ether oxygens (including phenoxy) is 3.